The molecule has 28 heavy (non-hydrogen) atoms. The number of ether oxygens (including phenoxy) is 3. The lowest BCUT2D eigenvalue weighted by molar-refractivity contribution is -0.384. The molecule has 0 spiro atoms. The van der Waals surface area contributed by atoms with Crippen LogP contribution < -0.4 is 19.5 Å². The van der Waals surface area contributed by atoms with Crippen molar-refractivity contribution in [3.63, 3.8) is 0 Å². The summed E-state index contributed by atoms with van der Waals surface area (Å²) < 4.78 is 15.9. The van der Waals surface area contributed by atoms with Crippen molar-refractivity contribution in [3.8, 4) is 23.3 Å². The van der Waals surface area contributed by atoms with Crippen LogP contribution in [0.15, 0.2) is 42.0 Å². The highest BCUT2D eigenvalue weighted by Gasteiger charge is 2.24. The van der Waals surface area contributed by atoms with Crippen LogP contribution in [0.4, 0.5) is 11.4 Å². The van der Waals surface area contributed by atoms with Gasteiger partial charge in [-0.2, -0.15) is 5.26 Å². The number of methoxy groups -OCH3 is 1. The average molecular weight is 381 g/mol. The van der Waals surface area contributed by atoms with Crippen molar-refractivity contribution < 1.29 is 23.9 Å². The molecule has 0 unspecified atom stereocenters. The smallest absolute Gasteiger partial charge is 0.296 e. The molecule has 0 atom stereocenters. The lowest BCUT2D eigenvalue weighted by Gasteiger charge is -2.19. The number of nitrogens with one attached hydrogen (secondary N) is 1. The van der Waals surface area contributed by atoms with E-state index in [1.54, 1.807) is 30.3 Å². The van der Waals surface area contributed by atoms with Crippen molar-refractivity contribution in [3.05, 3.63) is 57.6 Å². The Bertz CT molecular complexity index is 1010. The molecular weight excluding hydrogens is 366 g/mol. The Morgan fingerprint density at radius 3 is 2.61 bits per heavy atom. The van der Waals surface area contributed by atoms with E-state index in [0.717, 1.165) is 0 Å². The van der Waals surface area contributed by atoms with E-state index in [2.05, 4.69) is 5.32 Å². The summed E-state index contributed by atoms with van der Waals surface area (Å²) >= 11 is 0. The van der Waals surface area contributed by atoms with Crippen LogP contribution in [-0.4, -0.2) is 31.2 Å². The molecule has 1 aliphatic heterocycles. The Morgan fingerprint density at radius 1 is 1.29 bits per heavy atom. The number of hydrogen-bond donors (Lipinski definition) is 1. The van der Waals surface area contributed by atoms with Crippen molar-refractivity contribution in [2.24, 2.45) is 0 Å². The molecule has 142 valence electrons. The number of carbonyl (C=O) groups is 1. The summed E-state index contributed by atoms with van der Waals surface area (Å²) in [5.41, 5.74) is -0.185. The van der Waals surface area contributed by atoms with Gasteiger partial charge in [0.2, 0.25) is 0 Å². The lowest BCUT2D eigenvalue weighted by atomic mass is 10.1. The SMILES string of the molecule is COc1ccccc1/C=C(\C#N)C(=O)Nc1cc2c(cc1[N+](=O)[O-])OCCO2. The summed E-state index contributed by atoms with van der Waals surface area (Å²) in [6, 6.07) is 11.1. The van der Waals surface area contributed by atoms with Crippen molar-refractivity contribution in [2.45, 2.75) is 0 Å². The number of benzene rings is 2. The minimum atomic E-state index is -0.798. The molecule has 9 heteroatoms. The minimum absolute atomic E-state index is 0.0968. The Kier molecular flexibility index (Phi) is 5.41. The molecule has 0 radical (unpaired) electrons. The zero-order chi connectivity index (χ0) is 20.1. The quantitative estimate of drug-likeness (QED) is 0.365. The molecule has 0 saturated heterocycles. The van der Waals surface area contributed by atoms with Gasteiger partial charge in [-0.05, 0) is 12.1 Å². The number of carbonyl (C=O) groups excluding carboxylic acids is 1. The predicted molar refractivity (Wildman–Crippen MR) is 99.3 cm³/mol. The van der Waals surface area contributed by atoms with Gasteiger partial charge >= 0.3 is 0 Å². The van der Waals surface area contributed by atoms with Gasteiger partial charge in [0.05, 0.1) is 18.1 Å². The monoisotopic (exact) mass is 381 g/mol. The van der Waals surface area contributed by atoms with E-state index < -0.39 is 10.8 Å². The molecule has 0 fully saturated rings. The predicted octanol–water partition coefficient (Wildman–Crippen LogP) is 2.92. The van der Waals surface area contributed by atoms with Crippen LogP contribution in [0.25, 0.3) is 6.08 Å². The van der Waals surface area contributed by atoms with Crippen LogP contribution in [0, 0.1) is 21.4 Å². The minimum Gasteiger partial charge on any atom is -0.496 e. The second-order valence-electron chi connectivity index (χ2n) is 5.64. The van der Waals surface area contributed by atoms with E-state index in [-0.39, 0.29) is 41.7 Å². The molecule has 1 heterocycles. The molecule has 0 saturated carbocycles. The zero-order valence-corrected chi connectivity index (χ0v) is 14.8. The van der Waals surface area contributed by atoms with Gasteiger partial charge < -0.3 is 19.5 Å². The maximum Gasteiger partial charge on any atom is 0.296 e. The number of rotatable bonds is 5. The van der Waals surface area contributed by atoms with E-state index >= 15 is 0 Å². The number of para-hydroxylation sites is 1. The molecule has 3 rings (SSSR count). The van der Waals surface area contributed by atoms with Crippen LogP contribution in [0.1, 0.15) is 5.56 Å². The van der Waals surface area contributed by atoms with Crippen LogP contribution in [0.2, 0.25) is 0 Å². The third kappa shape index (κ3) is 3.86. The third-order valence-corrected chi connectivity index (χ3v) is 3.91. The molecule has 1 N–H and O–H groups in total. The van der Waals surface area contributed by atoms with E-state index in [1.807, 2.05) is 0 Å². The average Bonchev–Trinajstić information content (AvgIpc) is 2.71. The first-order valence-corrected chi connectivity index (χ1v) is 8.17. The highest BCUT2D eigenvalue weighted by molar-refractivity contribution is 6.10. The van der Waals surface area contributed by atoms with Crippen LogP contribution >= 0.6 is 0 Å². The summed E-state index contributed by atoms with van der Waals surface area (Å²) in [6.07, 6.45) is 1.35. The summed E-state index contributed by atoms with van der Waals surface area (Å²) in [7, 11) is 1.47. The summed E-state index contributed by atoms with van der Waals surface area (Å²) in [5, 5.41) is 23.1. The van der Waals surface area contributed by atoms with Gasteiger partial charge in [0, 0.05) is 11.6 Å². The Hall–Kier alpha value is -4.06. The first kappa shape index (κ1) is 18.7. The molecule has 9 nitrogen and oxygen atoms in total. The molecule has 1 aliphatic rings. The highest BCUT2D eigenvalue weighted by Crippen LogP contribution is 2.39. The summed E-state index contributed by atoms with van der Waals surface area (Å²) in [6.45, 7) is 0.561. The van der Waals surface area contributed by atoms with Gasteiger partial charge in [-0.3, -0.25) is 14.9 Å². The largest absolute Gasteiger partial charge is 0.496 e. The first-order valence-electron chi connectivity index (χ1n) is 8.17. The second kappa shape index (κ2) is 8.09. The van der Waals surface area contributed by atoms with E-state index in [1.165, 1.54) is 25.3 Å². The molecule has 0 bridgehead atoms. The molecule has 1 amide bonds. The lowest BCUT2D eigenvalue weighted by Crippen LogP contribution is -2.18. The number of nitriles is 1. The summed E-state index contributed by atoms with van der Waals surface area (Å²) in [5.74, 6) is 0.182. The van der Waals surface area contributed by atoms with Crippen molar-refractivity contribution in [1.82, 2.24) is 0 Å². The maximum absolute atomic E-state index is 12.6. The van der Waals surface area contributed by atoms with Crippen molar-refractivity contribution in [1.29, 1.82) is 5.26 Å². The standard InChI is InChI=1S/C19H15N3O6/c1-26-16-5-3-2-4-12(16)8-13(11-20)19(23)21-14-9-17-18(28-7-6-27-17)10-15(14)22(24)25/h2-5,8-10H,6-7H2,1H3,(H,21,23)/b13-8+. The van der Waals surface area contributed by atoms with Gasteiger partial charge in [0.15, 0.2) is 11.5 Å². The summed E-state index contributed by atoms with van der Waals surface area (Å²) in [4.78, 5) is 23.3. The normalized spacial score (nSPS) is 12.6. The molecule has 2 aromatic carbocycles. The van der Waals surface area contributed by atoms with Gasteiger partial charge in [0.25, 0.3) is 11.6 Å². The van der Waals surface area contributed by atoms with Gasteiger partial charge in [0.1, 0.15) is 36.3 Å². The van der Waals surface area contributed by atoms with Crippen LogP contribution in [0.3, 0.4) is 0 Å². The first-order chi connectivity index (χ1) is 13.5. The van der Waals surface area contributed by atoms with E-state index in [0.29, 0.717) is 11.3 Å². The highest BCUT2D eigenvalue weighted by atomic mass is 16.6. The number of amides is 1. The Morgan fingerprint density at radius 2 is 1.96 bits per heavy atom. The van der Waals surface area contributed by atoms with Gasteiger partial charge in [-0.25, -0.2) is 0 Å². The van der Waals surface area contributed by atoms with Crippen LogP contribution in [-0.2, 0) is 4.79 Å². The molecular formula is C19H15N3O6. The van der Waals surface area contributed by atoms with Crippen molar-refractivity contribution >= 4 is 23.4 Å². The third-order valence-electron chi connectivity index (χ3n) is 3.91. The number of nitro benzene ring substituents is 1. The van der Waals surface area contributed by atoms with Crippen LogP contribution in [0.5, 0.6) is 17.2 Å². The van der Waals surface area contributed by atoms with Gasteiger partial charge in [-0.15, -0.1) is 0 Å². The number of fused-ring (bicyclic) bond motifs is 1. The fourth-order valence-corrected chi connectivity index (χ4v) is 2.61. The Labute approximate surface area is 159 Å². The topological polar surface area (TPSA) is 124 Å². The van der Waals surface area contributed by atoms with E-state index in [4.69, 9.17) is 14.2 Å². The fraction of sp³-hybridized carbons (Fsp3) is 0.158. The van der Waals surface area contributed by atoms with Crippen molar-refractivity contribution in [2.75, 3.05) is 25.6 Å². The van der Waals surface area contributed by atoms with Gasteiger partial charge in [-0.1, -0.05) is 18.2 Å². The zero-order valence-electron chi connectivity index (χ0n) is 14.8. The second-order valence-corrected chi connectivity index (χ2v) is 5.64. The number of hydrogen-bond acceptors (Lipinski definition) is 7. The molecule has 0 aliphatic carbocycles. The number of nitro groups is 1. The maximum atomic E-state index is 12.6. The fourth-order valence-electron chi connectivity index (χ4n) is 2.61. The Balaban J connectivity index is 1.94. The number of anilines is 1. The molecule has 0 aromatic heterocycles. The molecule has 2 aromatic rings. The van der Waals surface area contributed by atoms with E-state index in [9.17, 15) is 20.2 Å². The number of nitrogens with zero attached hydrogens (tertiary/aromatic N) is 2.